The average molecular weight is 744 g/mol. The summed E-state index contributed by atoms with van der Waals surface area (Å²) in [5.41, 5.74) is -1.14. The lowest BCUT2D eigenvalue weighted by molar-refractivity contribution is -0.168. The maximum Gasteiger partial charge on any atom is 0.408 e. The van der Waals surface area contributed by atoms with Gasteiger partial charge in [0.15, 0.2) is 6.10 Å². The van der Waals surface area contributed by atoms with E-state index in [9.17, 15) is 28.8 Å². The van der Waals surface area contributed by atoms with Crippen LogP contribution in [0.5, 0.6) is 0 Å². The number of rotatable bonds is 15. The maximum absolute atomic E-state index is 13.6. The van der Waals surface area contributed by atoms with Crippen LogP contribution >= 0.6 is 0 Å². The van der Waals surface area contributed by atoms with E-state index in [1.54, 1.807) is 123 Å². The van der Waals surface area contributed by atoms with Gasteiger partial charge >= 0.3 is 36.2 Å². The highest BCUT2D eigenvalue weighted by molar-refractivity contribution is 5.83. The fraction of sp³-hybridized carbons (Fsp3) is 0.526. The first kappa shape index (κ1) is 43.8. The Morgan fingerprint density at radius 1 is 0.547 bits per heavy atom. The molecule has 0 aliphatic rings. The number of carbonyl (C=O) groups is 6. The molecule has 3 amide bonds. The van der Waals surface area contributed by atoms with Crippen molar-refractivity contribution in [2.45, 2.75) is 110 Å². The highest BCUT2D eigenvalue weighted by Gasteiger charge is 2.31. The summed E-state index contributed by atoms with van der Waals surface area (Å²) in [5.74, 6) is -2.76. The normalized spacial score (nSPS) is 13.2. The van der Waals surface area contributed by atoms with Crippen molar-refractivity contribution < 1.29 is 57.2 Å². The van der Waals surface area contributed by atoms with Crippen molar-refractivity contribution >= 4 is 36.2 Å². The van der Waals surface area contributed by atoms with Gasteiger partial charge in [-0.3, -0.25) is 4.79 Å². The molecule has 1 unspecified atom stereocenters. The zero-order chi connectivity index (χ0) is 39.8. The van der Waals surface area contributed by atoms with E-state index in [4.69, 9.17) is 28.4 Å². The van der Waals surface area contributed by atoms with Crippen molar-refractivity contribution in [3.8, 4) is 0 Å². The third-order valence-electron chi connectivity index (χ3n) is 6.42. The molecule has 2 rings (SSSR count). The minimum absolute atomic E-state index is 0.00395. The Balaban J connectivity index is 2.28. The van der Waals surface area contributed by atoms with E-state index in [0.29, 0.717) is 11.1 Å². The minimum atomic E-state index is -1.39. The van der Waals surface area contributed by atoms with Crippen LogP contribution in [0.3, 0.4) is 0 Å². The van der Waals surface area contributed by atoms with Gasteiger partial charge in [0.1, 0.15) is 48.6 Å². The number of amides is 3. The predicted octanol–water partition coefficient (Wildman–Crippen LogP) is 4.78. The number of esters is 3. The third kappa shape index (κ3) is 19.7. The molecular formula is C38H53N3O12. The SMILES string of the molecule is CC(C)(C)OC(=O)NCC(=O)OCC(COC(=O)[C@H](Cc1ccccc1)NC(=O)OC(C)(C)C)OC(=O)[C@H](Cc1ccccc1)NC(=O)OC(C)(C)C. The lowest BCUT2D eigenvalue weighted by atomic mass is 10.1. The van der Waals surface area contributed by atoms with Crippen LogP contribution in [0.15, 0.2) is 60.7 Å². The molecule has 0 aliphatic carbocycles. The Morgan fingerprint density at radius 2 is 0.943 bits per heavy atom. The van der Waals surface area contributed by atoms with Gasteiger partial charge < -0.3 is 44.4 Å². The van der Waals surface area contributed by atoms with E-state index >= 15 is 0 Å². The van der Waals surface area contributed by atoms with E-state index in [-0.39, 0.29) is 12.8 Å². The molecule has 2 aromatic rings. The number of hydrogen-bond acceptors (Lipinski definition) is 12. The monoisotopic (exact) mass is 743 g/mol. The Hall–Kier alpha value is -5.34. The summed E-state index contributed by atoms with van der Waals surface area (Å²) in [6.07, 6.45) is -3.95. The molecule has 0 heterocycles. The van der Waals surface area contributed by atoms with Gasteiger partial charge in [0.05, 0.1) is 0 Å². The molecule has 0 aliphatic heterocycles. The molecule has 0 saturated heterocycles. The van der Waals surface area contributed by atoms with Crippen LogP contribution < -0.4 is 16.0 Å². The summed E-state index contributed by atoms with van der Waals surface area (Å²) in [7, 11) is 0. The summed E-state index contributed by atoms with van der Waals surface area (Å²) < 4.78 is 32.2. The molecule has 0 aromatic heterocycles. The van der Waals surface area contributed by atoms with Crippen LogP contribution in [0.1, 0.15) is 73.4 Å². The van der Waals surface area contributed by atoms with Gasteiger partial charge in [0, 0.05) is 12.8 Å². The number of alkyl carbamates (subject to hydrolysis) is 3. The molecule has 0 radical (unpaired) electrons. The standard InChI is InChI=1S/C38H53N3O12/c1-36(2,3)51-33(45)39-22-30(42)48-23-27(50-32(44)29(21-26-18-14-11-15-19-26)41-35(47)53-38(7,8)9)24-49-31(43)28(20-25-16-12-10-13-17-25)40-34(46)52-37(4,5)6/h10-19,27-29H,20-24H2,1-9H3,(H,39,45)(H,40,46)(H,41,47)/t27?,28-,29-/m0/s1. The van der Waals surface area contributed by atoms with E-state index in [1.165, 1.54) is 0 Å². The van der Waals surface area contributed by atoms with Gasteiger partial charge in [0.25, 0.3) is 0 Å². The average Bonchev–Trinajstić information content (AvgIpc) is 3.02. The van der Waals surface area contributed by atoms with Gasteiger partial charge in [-0.15, -0.1) is 0 Å². The van der Waals surface area contributed by atoms with Crippen molar-refractivity contribution in [3.63, 3.8) is 0 Å². The maximum atomic E-state index is 13.6. The van der Waals surface area contributed by atoms with E-state index in [1.807, 2.05) is 0 Å². The molecule has 15 heteroatoms. The number of nitrogens with one attached hydrogen (secondary N) is 3. The van der Waals surface area contributed by atoms with Crippen LogP contribution in [-0.2, 0) is 55.6 Å². The van der Waals surface area contributed by atoms with Crippen LogP contribution in [0.25, 0.3) is 0 Å². The fourth-order valence-electron chi connectivity index (χ4n) is 4.32. The minimum Gasteiger partial charge on any atom is -0.460 e. The highest BCUT2D eigenvalue weighted by Crippen LogP contribution is 2.13. The van der Waals surface area contributed by atoms with Crippen LogP contribution in [0, 0.1) is 0 Å². The van der Waals surface area contributed by atoms with Gasteiger partial charge in [0.2, 0.25) is 0 Å². The molecule has 0 fully saturated rings. The third-order valence-corrected chi connectivity index (χ3v) is 6.42. The Bertz CT molecular complexity index is 1510. The topological polar surface area (TPSA) is 194 Å². The summed E-state index contributed by atoms with van der Waals surface area (Å²) in [6, 6.07) is 15.2. The Labute approximate surface area is 310 Å². The van der Waals surface area contributed by atoms with Crippen molar-refractivity contribution in [1.29, 1.82) is 0 Å². The molecule has 3 atom stereocenters. The van der Waals surface area contributed by atoms with Crippen LogP contribution in [0.2, 0.25) is 0 Å². The summed E-state index contributed by atoms with van der Waals surface area (Å²) in [6.45, 7) is 13.2. The second-order valence-corrected chi connectivity index (χ2v) is 15.0. The molecule has 0 spiro atoms. The quantitative estimate of drug-likeness (QED) is 0.167. The molecule has 0 bridgehead atoms. The lowest BCUT2D eigenvalue weighted by Crippen LogP contribution is -2.48. The highest BCUT2D eigenvalue weighted by atomic mass is 16.6. The van der Waals surface area contributed by atoms with Gasteiger partial charge in [-0.05, 0) is 73.4 Å². The summed E-state index contributed by atoms with van der Waals surface area (Å²) in [4.78, 5) is 77.0. The van der Waals surface area contributed by atoms with Crippen molar-refractivity contribution in [1.82, 2.24) is 16.0 Å². The van der Waals surface area contributed by atoms with E-state index in [2.05, 4.69) is 16.0 Å². The number of hydrogen-bond donors (Lipinski definition) is 3. The number of carbonyl (C=O) groups excluding carboxylic acids is 6. The van der Waals surface area contributed by atoms with Crippen LogP contribution in [0.4, 0.5) is 14.4 Å². The zero-order valence-corrected chi connectivity index (χ0v) is 31.9. The molecule has 2 aromatic carbocycles. The first-order valence-electron chi connectivity index (χ1n) is 17.1. The van der Waals surface area contributed by atoms with Gasteiger partial charge in [-0.1, -0.05) is 60.7 Å². The molecule has 15 nitrogen and oxygen atoms in total. The number of benzene rings is 2. The largest absolute Gasteiger partial charge is 0.460 e. The van der Waals surface area contributed by atoms with E-state index < -0.39 is 90.9 Å². The zero-order valence-electron chi connectivity index (χ0n) is 31.9. The molecule has 292 valence electrons. The van der Waals surface area contributed by atoms with E-state index in [0.717, 1.165) is 0 Å². The second kappa shape index (κ2) is 20.0. The lowest BCUT2D eigenvalue weighted by Gasteiger charge is -2.26. The fourth-order valence-corrected chi connectivity index (χ4v) is 4.32. The van der Waals surface area contributed by atoms with Crippen molar-refractivity contribution in [2.75, 3.05) is 19.8 Å². The molecule has 3 N–H and O–H groups in total. The van der Waals surface area contributed by atoms with Crippen molar-refractivity contribution in [2.24, 2.45) is 0 Å². The first-order chi connectivity index (χ1) is 24.6. The summed E-state index contributed by atoms with van der Waals surface area (Å²) >= 11 is 0. The Morgan fingerprint density at radius 3 is 1.38 bits per heavy atom. The second-order valence-electron chi connectivity index (χ2n) is 15.0. The molecular weight excluding hydrogens is 690 g/mol. The predicted molar refractivity (Wildman–Crippen MR) is 193 cm³/mol. The smallest absolute Gasteiger partial charge is 0.408 e. The number of ether oxygens (including phenoxy) is 6. The first-order valence-corrected chi connectivity index (χ1v) is 17.1. The molecule has 53 heavy (non-hydrogen) atoms. The summed E-state index contributed by atoms with van der Waals surface area (Å²) in [5, 5.41) is 7.31. The van der Waals surface area contributed by atoms with Gasteiger partial charge in [-0.2, -0.15) is 0 Å². The van der Waals surface area contributed by atoms with Crippen LogP contribution in [-0.4, -0.2) is 90.9 Å². The van der Waals surface area contributed by atoms with Gasteiger partial charge in [-0.25, -0.2) is 24.0 Å². The Kier molecular flexibility index (Phi) is 16.6. The van der Waals surface area contributed by atoms with Crippen molar-refractivity contribution in [3.05, 3.63) is 71.8 Å². The molecule has 0 saturated carbocycles.